The minimum Gasteiger partial charge on any atom is -0.351 e. The third-order valence-electron chi connectivity index (χ3n) is 4.20. The fourth-order valence-corrected chi connectivity index (χ4v) is 2.85. The molecule has 0 aliphatic carbocycles. The molecule has 0 saturated carbocycles. The summed E-state index contributed by atoms with van der Waals surface area (Å²) in [5.74, 6) is -0.0169. The van der Waals surface area contributed by atoms with Gasteiger partial charge in [0.2, 0.25) is 5.91 Å². The molecule has 1 N–H and O–H groups in total. The van der Waals surface area contributed by atoms with E-state index in [-0.39, 0.29) is 11.8 Å². The van der Waals surface area contributed by atoms with Crippen LogP contribution in [0.15, 0.2) is 18.3 Å². The summed E-state index contributed by atoms with van der Waals surface area (Å²) in [6.07, 6.45) is 2.93. The molecule has 2 rings (SSSR count). The Morgan fingerprint density at radius 3 is 2.62 bits per heavy atom. The fourth-order valence-electron chi connectivity index (χ4n) is 2.85. The summed E-state index contributed by atoms with van der Waals surface area (Å²) in [5.41, 5.74) is 3.10. The van der Waals surface area contributed by atoms with E-state index in [4.69, 9.17) is 0 Å². The first-order valence-corrected chi connectivity index (χ1v) is 8.49. The molecule has 0 radical (unpaired) electrons. The summed E-state index contributed by atoms with van der Waals surface area (Å²) in [6.45, 7) is 9.68. The van der Waals surface area contributed by atoms with E-state index < -0.39 is 0 Å². The van der Waals surface area contributed by atoms with E-state index in [1.165, 1.54) is 0 Å². The molecular formula is C18H26N4O2. The third-order valence-corrected chi connectivity index (χ3v) is 4.20. The minimum atomic E-state index is -0.152. The maximum Gasteiger partial charge on any atom is 0.270 e. The number of carbonyl (C=O) groups is 2. The second-order valence-electron chi connectivity index (χ2n) is 5.86. The van der Waals surface area contributed by atoms with Crippen LogP contribution in [0.3, 0.4) is 0 Å². The Morgan fingerprint density at radius 1 is 1.25 bits per heavy atom. The van der Waals surface area contributed by atoms with Crippen LogP contribution in [-0.2, 0) is 4.79 Å². The van der Waals surface area contributed by atoms with Crippen molar-refractivity contribution in [3.05, 3.63) is 35.3 Å². The largest absolute Gasteiger partial charge is 0.351 e. The smallest absolute Gasteiger partial charge is 0.270 e. The minimum absolute atomic E-state index is 0.135. The van der Waals surface area contributed by atoms with Crippen LogP contribution < -0.4 is 5.32 Å². The van der Waals surface area contributed by atoms with Crippen molar-refractivity contribution in [1.82, 2.24) is 19.6 Å². The third kappa shape index (κ3) is 3.75. The van der Waals surface area contributed by atoms with Gasteiger partial charge in [0.1, 0.15) is 11.3 Å². The molecule has 2 heterocycles. The van der Waals surface area contributed by atoms with Gasteiger partial charge in [0, 0.05) is 32.3 Å². The molecule has 0 saturated heterocycles. The van der Waals surface area contributed by atoms with E-state index in [0.717, 1.165) is 24.3 Å². The number of hydrogen-bond acceptors (Lipinski definition) is 3. The van der Waals surface area contributed by atoms with Crippen LogP contribution >= 0.6 is 0 Å². The van der Waals surface area contributed by atoms with Crippen LogP contribution in [-0.4, -0.2) is 45.7 Å². The summed E-state index contributed by atoms with van der Waals surface area (Å²) in [4.78, 5) is 30.7. The molecule has 0 bridgehead atoms. The van der Waals surface area contributed by atoms with E-state index in [9.17, 15) is 9.59 Å². The quantitative estimate of drug-likeness (QED) is 0.792. The first kappa shape index (κ1) is 18.0. The van der Waals surface area contributed by atoms with Gasteiger partial charge >= 0.3 is 0 Å². The van der Waals surface area contributed by atoms with Crippen molar-refractivity contribution in [3.8, 4) is 0 Å². The van der Waals surface area contributed by atoms with Crippen LogP contribution in [0.4, 0.5) is 0 Å². The zero-order valence-corrected chi connectivity index (χ0v) is 14.9. The number of nitrogens with zero attached hydrogens (tertiary/aromatic N) is 3. The average Bonchev–Trinajstić information content (AvgIpc) is 2.90. The highest BCUT2D eigenvalue weighted by atomic mass is 16.2. The Labute approximate surface area is 142 Å². The zero-order valence-electron chi connectivity index (χ0n) is 14.9. The second kappa shape index (κ2) is 7.95. The highest BCUT2D eigenvalue weighted by molar-refractivity contribution is 5.94. The Kier molecular flexibility index (Phi) is 5.95. The predicted octanol–water partition coefficient (Wildman–Crippen LogP) is 2.33. The van der Waals surface area contributed by atoms with Gasteiger partial charge in [-0.25, -0.2) is 4.98 Å². The predicted molar refractivity (Wildman–Crippen MR) is 94.2 cm³/mol. The Bertz CT molecular complexity index is 732. The molecule has 6 heteroatoms. The molecule has 2 amide bonds. The first-order chi connectivity index (χ1) is 11.5. The monoisotopic (exact) mass is 330 g/mol. The van der Waals surface area contributed by atoms with Crippen molar-refractivity contribution >= 4 is 17.5 Å². The second-order valence-corrected chi connectivity index (χ2v) is 5.86. The van der Waals surface area contributed by atoms with Gasteiger partial charge in [0.05, 0.1) is 5.69 Å². The number of carbonyl (C=O) groups excluding carboxylic acids is 2. The van der Waals surface area contributed by atoms with Crippen LogP contribution in [0.25, 0.3) is 5.65 Å². The van der Waals surface area contributed by atoms with Crippen molar-refractivity contribution in [2.45, 2.75) is 40.5 Å². The lowest BCUT2D eigenvalue weighted by atomic mass is 10.2. The number of imidazole rings is 1. The van der Waals surface area contributed by atoms with Gasteiger partial charge in [-0.2, -0.15) is 0 Å². The van der Waals surface area contributed by atoms with Crippen LogP contribution in [0, 0.1) is 13.8 Å². The molecule has 24 heavy (non-hydrogen) atoms. The number of pyridine rings is 1. The molecule has 6 nitrogen and oxygen atoms in total. The van der Waals surface area contributed by atoms with Gasteiger partial charge in [0.15, 0.2) is 0 Å². The molecule has 2 aromatic heterocycles. The number of amides is 2. The molecular weight excluding hydrogens is 304 g/mol. The van der Waals surface area contributed by atoms with Crippen molar-refractivity contribution in [2.75, 3.05) is 19.6 Å². The molecule has 0 unspecified atom stereocenters. The van der Waals surface area contributed by atoms with Gasteiger partial charge in [-0.1, -0.05) is 6.07 Å². The fraction of sp³-hybridized carbons (Fsp3) is 0.500. The van der Waals surface area contributed by atoms with E-state index in [0.29, 0.717) is 30.8 Å². The lowest BCUT2D eigenvalue weighted by molar-refractivity contribution is -0.130. The summed E-state index contributed by atoms with van der Waals surface area (Å²) in [5, 5.41) is 2.90. The molecule has 0 aromatic carbocycles. The van der Waals surface area contributed by atoms with E-state index in [2.05, 4.69) is 10.3 Å². The number of hydrogen-bond donors (Lipinski definition) is 1. The highest BCUT2D eigenvalue weighted by Gasteiger charge is 2.17. The van der Waals surface area contributed by atoms with Crippen LogP contribution in [0.2, 0.25) is 0 Å². The summed E-state index contributed by atoms with van der Waals surface area (Å²) < 4.78 is 1.82. The Balaban J connectivity index is 1.96. The number of aromatic nitrogens is 2. The van der Waals surface area contributed by atoms with E-state index >= 15 is 0 Å². The summed E-state index contributed by atoms with van der Waals surface area (Å²) >= 11 is 0. The molecule has 0 spiro atoms. The van der Waals surface area contributed by atoms with Crippen molar-refractivity contribution < 1.29 is 9.59 Å². The highest BCUT2D eigenvalue weighted by Crippen LogP contribution is 2.15. The van der Waals surface area contributed by atoms with Gasteiger partial charge in [-0.3, -0.25) is 14.0 Å². The Morgan fingerprint density at radius 2 is 1.96 bits per heavy atom. The van der Waals surface area contributed by atoms with E-state index in [1.54, 1.807) is 4.90 Å². The lowest BCUT2D eigenvalue weighted by Gasteiger charge is -2.18. The molecule has 0 aliphatic heterocycles. The molecule has 0 fully saturated rings. The number of aryl methyl sites for hydroxylation is 2. The molecule has 0 aliphatic rings. The van der Waals surface area contributed by atoms with Crippen molar-refractivity contribution in [1.29, 1.82) is 0 Å². The molecule has 2 aromatic rings. The topological polar surface area (TPSA) is 66.7 Å². The molecule has 0 atom stereocenters. The Hall–Kier alpha value is -2.37. The van der Waals surface area contributed by atoms with Gasteiger partial charge in [0.25, 0.3) is 5.91 Å². The maximum atomic E-state index is 12.5. The maximum absolute atomic E-state index is 12.5. The van der Waals surface area contributed by atoms with E-state index in [1.807, 2.05) is 50.4 Å². The number of nitrogens with one attached hydrogen (secondary N) is 1. The number of fused-ring (bicyclic) bond motifs is 1. The molecule has 130 valence electrons. The number of rotatable bonds is 7. The zero-order chi connectivity index (χ0) is 17.7. The average molecular weight is 330 g/mol. The summed E-state index contributed by atoms with van der Waals surface area (Å²) in [7, 11) is 0. The normalized spacial score (nSPS) is 10.8. The first-order valence-electron chi connectivity index (χ1n) is 8.49. The lowest BCUT2D eigenvalue weighted by Crippen LogP contribution is -2.32. The SMILES string of the molecule is CCN(CC)C(=O)CCCNC(=O)c1c(C)nc2c(C)cccn12. The van der Waals surface area contributed by atoms with Gasteiger partial charge < -0.3 is 10.2 Å². The summed E-state index contributed by atoms with van der Waals surface area (Å²) in [6, 6.07) is 3.88. The van der Waals surface area contributed by atoms with Crippen LogP contribution in [0.5, 0.6) is 0 Å². The standard InChI is InChI=1S/C18H26N4O2/c1-5-21(6-2)15(23)10-7-11-19-18(24)16-14(4)20-17-13(3)9-8-12-22(16)17/h8-9,12H,5-7,10-11H2,1-4H3,(H,19,24). The van der Waals surface area contributed by atoms with Gasteiger partial charge in [-0.15, -0.1) is 0 Å². The van der Waals surface area contributed by atoms with Crippen molar-refractivity contribution in [2.24, 2.45) is 0 Å². The van der Waals surface area contributed by atoms with Gasteiger partial charge in [-0.05, 0) is 45.7 Å². The van der Waals surface area contributed by atoms with Crippen LogP contribution in [0.1, 0.15) is 48.4 Å². The van der Waals surface area contributed by atoms with Crippen molar-refractivity contribution in [3.63, 3.8) is 0 Å².